The standard InChI is InChI=1S/C5H8N2O/c1-4(6)5-2-3-8-7-5/h2-4H,6H2,1H3/p+1/t4-/m1/s1. The summed E-state index contributed by atoms with van der Waals surface area (Å²) in [6.07, 6.45) is 1.55. The van der Waals surface area contributed by atoms with Gasteiger partial charge in [-0.2, -0.15) is 0 Å². The van der Waals surface area contributed by atoms with Crippen molar-refractivity contribution in [1.29, 1.82) is 0 Å². The number of hydrogen-bond donors (Lipinski definition) is 1. The van der Waals surface area contributed by atoms with E-state index in [1.54, 1.807) is 6.26 Å². The zero-order chi connectivity index (χ0) is 5.98. The molecule has 3 nitrogen and oxygen atoms in total. The molecule has 0 spiro atoms. The summed E-state index contributed by atoms with van der Waals surface area (Å²) in [5, 5.41) is 3.68. The van der Waals surface area contributed by atoms with Crippen molar-refractivity contribution in [3.8, 4) is 0 Å². The molecule has 0 fully saturated rings. The lowest BCUT2D eigenvalue weighted by Gasteiger charge is -1.89. The van der Waals surface area contributed by atoms with Gasteiger partial charge in [-0.25, -0.2) is 0 Å². The third-order valence-corrected chi connectivity index (χ3v) is 0.963. The molecule has 0 unspecified atom stereocenters. The molecule has 1 atom stereocenters. The molecular weight excluding hydrogens is 104 g/mol. The van der Waals surface area contributed by atoms with Crippen molar-refractivity contribution in [2.24, 2.45) is 0 Å². The molecule has 3 heteroatoms. The van der Waals surface area contributed by atoms with Gasteiger partial charge in [-0.05, 0) is 6.92 Å². The van der Waals surface area contributed by atoms with Crippen molar-refractivity contribution in [3.05, 3.63) is 18.0 Å². The highest BCUT2D eigenvalue weighted by atomic mass is 16.5. The van der Waals surface area contributed by atoms with Gasteiger partial charge in [-0.3, -0.25) is 0 Å². The highest BCUT2D eigenvalue weighted by Gasteiger charge is 2.03. The van der Waals surface area contributed by atoms with Crippen LogP contribution in [0.2, 0.25) is 0 Å². The summed E-state index contributed by atoms with van der Waals surface area (Å²) in [4.78, 5) is 0. The first-order valence-electron chi connectivity index (χ1n) is 2.54. The highest BCUT2D eigenvalue weighted by molar-refractivity contribution is 4.96. The minimum atomic E-state index is 0.230. The lowest BCUT2D eigenvalue weighted by atomic mass is 10.3. The first kappa shape index (κ1) is 5.31. The molecule has 8 heavy (non-hydrogen) atoms. The van der Waals surface area contributed by atoms with E-state index in [-0.39, 0.29) is 6.04 Å². The lowest BCUT2D eigenvalue weighted by Crippen LogP contribution is -2.51. The highest BCUT2D eigenvalue weighted by Crippen LogP contribution is 2.01. The van der Waals surface area contributed by atoms with Gasteiger partial charge >= 0.3 is 0 Å². The second-order valence-corrected chi connectivity index (χ2v) is 1.83. The lowest BCUT2D eigenvalue weighted by molar-refractivity contribution is -0.421. The van der Waals surface area contributed by atoms with Crippen LogP contribution in [0, 0.1) is 0 Å². The first-order chi connectivity index (χ1) is 3.80. The van der Waals surface area contributed by atoms with Crippen LogP contribution in [0.5, 0.6) is 0 Å². The van der Waals surface area contributed by atoms with E-state index < -0.39 is 0 Å². The maximum absolute atomic E-state index is 4.59. The molecule has 1 aromatic rings. The zero-order valence-electron chi connectivity index (χ0n) is 4.79. The summed E-state index contributed by atoms with van der Waals surface area (Å²) < 4.78 is 4.59. The number of quaternary nitrogens is 1. The van der Waals surface area contributed by atoms with E-state index in [2.05, 4.69) is 15.4 Å². The van der Waals surface area contributed by atoms with Gasteiger partial charge < -0.3 is 10.3 Å². The summed E-state index contributed by atoms with van der Waals surface area (Å²) in [7, 11) is 0. The van der Waals surface area contributed by atoms with Crippen LogP contribution in [0.3, 0.4) is 0 Å². The molecule has 1 heterocycles. The fraction of sp³-hybridized carbons (Fsp3) is 0.400. The molecule has 3 N–H and O–H groups in total. The Kier molecular flexibility index (Phi) is 1.30. The van der Waals surface area contributed by atoms with Crippen molar-refractivity contribution in [2.45, 2.75) is 13.0 Å². The predicted octanol–water partition coefficient (Wildman–Crippen LogP) is -0.0225. The van der Waals surface area contributed by atoms with Gasteiger partial charge in [0.15, 0.2) is 0 Å². The van der Waals surface area contributed by atoms with Crippen molar-refractivity contribution < 1.29 is 10.3 Å². The molecule has 0 saturated carbocycles. The zero-order valence-corrected chi connectivity index (χ0v) is 4.79. The van der Waals surface area contributed by atoms with Gasteiger partial charge in [-0.15, -0.1) is 0 Å². The fourth-order valence-electron chi connectivity index (χ4n) is 0.476. The fourth-order valence-corrected chi connectivity index (χ4v) is 0.476. The molecule has 0 radical (unpaired) electrons. The summed E-state index contributed by atoms with van der Waals surface area (Å²) in [6, 6.07) is 2.05. The van der Waals surface area contributed by atoms with Crippen LogP contribution in [0.15, 0.2) is 16.9 Å². The average molecular weight is 113 g/mol. The smallest absolute Gasteiger partial charge is 0.140 e. The normalized spacial score (nSPS) is 13.8. The Bertz CT molecular complexity index is 145. The van der Waals surface area contributed by atoms with Crippen molar-refractivity contribution >= 4 is 0 Å². The average Bonchev–Trinajstić information content (AvgIpc) is 2.12. The second-order valence-electron chi connectivity index (χ2n) is 1.83. The third kappa shape index (κ3) is 0.869. The number of nitrogens with zero attached hydrogens (tertiary/aromatic N) is 1. The maximum Gasteiger partial charge on any atom is 0.140 e. The maximum atomic E-state index is 4.59. The second kappa shape index (κ2) is 1.96. The van der Waals surface area contributed by atoms with E-state index in [1.807, 2.05) is 13.0 Å². The van der Waals surface area contributed by atoms with Crippen LogP contribution in [-0.2, 0) is 0 Å². The van der Waals surface area contributed by atoms with Crippen molar-refractivity contribution in [2.75, 3.05) is 0 Å². The van der Waals surface area contributed by atoms with Crippen LogP contribution in [0.4, 0.5) is 0 Å². The molecule has 0 aliphatic heterocycles. The van der Waals surface area contributed by atoms with Gasteiger partial charge in [0.1, 0.15) is 18.0 Å². The van der Waals surface area contributed by atoms with E-state index >= 15 is 0 Å². The topological polar surface area (TPSA) is 53.7 Å². The third-order valence-electron chi connectivity index (χ3n) is 0.963. The minimum Gasteiger partial charge on any atom is -0.364 e. The van der Waals surface area contributed by atoms with Crippen LogP contribution < -0.4 is 5.73 Å². The van der Waals surface area contributed by atoms with Gasteiger partial charge in [0.2, 0.25) is 0 Å². The minimum absolute atomic E-state index is 0.230. The Morgan fingerprint density at radius 2 is 2.62 bits per heavy atom. The van der Waals surface area contributed by atoms with Crippen LogP contribution >= 0.6 is 0 Å². The number of hydrogen-bond acceptors (Lipinski definition) is 2. The quantitative estimate of drug-likeness (QED) is 0.556. The molecular formula is C5H9N2O+. The van der Waals surface area contributed by atoms with E-state index in [0.717, 1.165) is 5.69 Å². The van der Waals surface area contributed by atoms with E-state index in [0.29, 0.717) is 0 Å². The molecule has 1 rings (SSSR count). The largest absolute Gasteiger partial charge is 0.364 e. The Balaban J connectivity index is 2.77. The predicted molar refractivity (Wildman–Crippen MR) is 27.8 cm³/mol. The van der Waals surface area contributed by atoms with Crippen LogP contribution in [-0.4, -0.2) is 5.16 Å². The van der Waals surface area contributed by atoms with Crippen LogP contribution in [0.1, 0.15) is 18.7 Å². The molecule has 0 aromatic carbocycles. The molecule has 0 aliphatic rings. The van der Waals surface area contributed by atoms with Gasteiger partial charge in [0.05, 0.1) is 0 Å². The molecule has 0 saturated heterocycles. The van der Waals surface area contributed by atoms with E-state index in [9.17, 15) is 0 Å². The van der Waals surface area contributed by atoms with Crippen LogP contribution in [0.25, 0.3) is 0 Å². The Morgan fingerprint density at radius 3 is 2.88 bits per heavy atom. The van der Waals surface area contributed by atoms with E-state index in [4.69, 9.17) is 0 Å². The molecule has 0 bridgehead atoms. The summed E-state index contributed by atoms with van der Waals surface area (Å²) in [6.45, 7) is 1.97. The first-order valence-corrected chi connectivity index (χ1v) is 2.54. The monoisotopic (exact) mass is 113 g/mol. The summed E-state index contributed by atoms with van der Waals surface area (Å²) in [5.41, 5.74) is 4.67. The summed E-state index contributed by atoms with van der Waals surface area (Å²) in [5.74, 6) is 0. The van der Waals surface area contributed by atoms with Gasteiger partial charge in [0.25, 0.3) is 0 Å². The Morgan fingerprint density at radius 1 is 1.88 bits per heavy atom. The Labute approximate surface area is 47.5 Å². The Hall–Kier alpha value is -0.830. The molecule has 44 valence electrons. The van der Waals surface area contributed by atoms with Gasteiger partial charge in [-0.1, -0.05) is 5.16 Å². The van der Waals surface area contributed by atoms with Crippen molar-refractivity contribution in [1.82, 2.24) is 5.16 Å². The molecule has 0 aliphatic carbocycles. The van der Waals surface area contributed by atoms with Gasteiger partial charge in [0, 0.05) is 6.07 Å². The number of rotatable bonds is 1. The van der Waals surface area contributed by atoms with Crippen molar-refractivity contribution in [3.63, 3.8) is 0 Å². The summed E-state index contributed by atoms with van der Waals surface area (Å²) >= 11 is 0. The SMILES string of the molecule is C[C@@H]([NH3+])c1ccon1. The number of aromatic nitrogens is 1. The van der Waals surface area contributed by atoms with E-state index in [1.165, 1.54) is 0 Å². The molecule has 1 aromatic heterocycles. The molecule has 0 amide bonds.